The molecule has 1 saturated heterocycles. The van der Waals surface area contributed by atoms with Crippen molar-refractivity contribution < 1.29 is 14.3 Å². The van der Waals surface area contributed by atoms with Gasteiger partial charge in [0.05, 0.1) is 13.2 Å². The van der Waals surface area contributed by atoms with Crippen LogP contribution in [0.25, 0.3) is 0 Å². The molecule has 33 heavy (non-hydrogen) atoms. The summed E-state index contributed by atoms with van der Waals surface area (Å²) in [6.07, 6.45) is 6.22. The average Bonchev–Trinajstić information content (AvgIpc) is 3.45. The second kappa shape index (κ2) is 11.0. The number of nitrogens with zero attached hydrogens (tertiary/aromatic N) is 3. The predicted molar refractivity (Wildman–Crippen MR) is 130 cm³/mol. The van der Waals surface area contributed by atoms with Crippen LogP contribution in [0.1, 0.15) is 66.3 Å². The van der Waals surface area contributed by atoms with Gasteiger partial charge in [-0.1, -0.05) is 31.0 Å². The summed E-state index contributed by atoms with van der Waals surface area (Å²) in [5, 5.41) is 0. The van der Waals surface area contributed by atoms with Gasteiger partial charge in [0.2, 0.25) is 5.91 Å². The van der Waals surface area contributed by atoms with E-state index < -0.39 is 0 Å². The third-order valence-electron chi connectivity index (χ3n) is 7.11. The minimum absolute atomic E-state index is 0.178. The number of piperazine rings is 1. The Labute approximate surface area is 197 Å². The highest BCUT2D eigenvalue weighted by Crippen LogP contribution is 2.33. The average molecular weight is 452 g/mol. The molecule has 6 nitrogen and oxygen atoms in total. The maximum absolute atomic E-state index is 13.1. The van der Waals surface area contributed by atoms with Crippen LogP contribution in [0.3, 0.4) is 0 Å². The van der Waals surface area contributed by atoms with E-state index in [1.54, 1.807) is 0 Å². The fourth-order valence-corrected chi connectivity index (χ4v) is 5.32. The van der Waals surface area contributed by atoms with Crippen LogP contribution in [-0.2, 0) is 4.79 Å². The Morgan fingerprint density at radius 2 is 1.70 bits per heavy atom. The minimum atomic E-state index is 0.178. The van der Waals surface area contributed by atoms with Crippen LogP contribution in [0, 0.1) is 13.8 Å². The molecule has 2 heterocycles. The maximum Gasteiger partial charge on any atom is 0.222 e. The first-order chi connectivity index (χ1) is 16.0. The van der Waals surface area contributed by atoms with Crippen LogP contribution >= 0.6 is 0 Å². The molecule has 178 valence electrons. The minimum Gasteiger partial charge on any atom is -0.494 e. The molecule has 1 amide bonds. The van der Waals surface area contributed by atoms with Crippen molar-refractivity contribution in [3.63, 3.8) is 0 Å². The molecule has 1 saturated carbocycles. The Hall–Kier alpha value is -2.60. The van der Waals surface area contributed by atoms with Gasteiger partial charge in [-0.3, -0.25) is 14.5 Å². The molecule has 0 N–H and O–H groups in total. The monoisotopic (exact) mass is 451 g/mol. The molecule has 4 rings (SSSR count). The number of para-hydroxylation sites is 1. The number of ether oxygens (including phenoxy) is 1. The molecule has 0 atom stereocenters. The number of carbonyl (C=O) groups is 2. The molecule has 1 aromatic carbocycles. The van der Waals surface area contributed by atoms with Gasteiger partial charge < -0.3 is 14.2 Å². The molecule has 6 heteroatoms. The lowest BCUT2D eigenvalue weighted by Gasteiger charge is -2.34. The zero-order chi connectivity index (χ0) is 23.2. The van der Waals surface area contributed by atoms with E-state index in [0.29, 0.717) is 45.1 Å². The summed E-state index contributed by atoms with van der Waals surface area (Å²) in [7, 11) is 0. The Morgan fingerprint density at radius 3 is 2.39 bits per heavy atom. The fourth-order valence-electron chi connectivity index (χ4n) is 5.32. The maximum atomic E-state index is 13.1. The Balaban J connectivity index is 1.20. The number of hydrogen-bond acceptors (Lipinski definition) is 4. The highest BCUT2D eigenvalue weighted by atomic mass is 16.5. The number of aromatic nitrogens is 1. The normalized spacial score (nSPS) is 17.5. The van der Waals surface area contributed by atoms with E-state index in [0.717, 1.165) is 30.1 Å². The molecular weight excluding hydrogens is 414 g/mol. The fraction of sp³-hybridized carbons (Fsp3) is 0.556. The second-order valence-corrected chi connectivity index (χ2v) is 9.44. The van der Waals surface area contributed by atoms with Gasteiger partial charge in [0.1, 0.15) is 5.75 Å². The van der Waals surface area contributed by atoms with E-state index in [9.17, 15) is 9.59 Å². The van der Waals surface area contributed by atoms with Gasteiger partial charge in [0.15, 0.2) is 5.78 Å². The number of carbonyl (C=O) groups excluding carboxylic acids is 2. The number of benzene rings is 1. The topological polar surface area (TPSA) is 54.8 Å². The van der Waals surface area contributed by atoms with Crippen LogP contribution in [0.4, 0.5) is 0 Å². The molecular formula is C27H37N3O3. The van der Waals surface area contributed by atoms with Crippen molar-refractivity contribution in [2.45, 2.75) is 58.4 Å². The summed E-state index contributed by atoms with van der Waals surface area (Å²) in [5.74, 6) is 1.22. The molecule has 2 aliphatic rings. The second-order valence-electron chi connectivity index (χ2n) is 9.44. The van der Waals surface area contributed by atoms with Gasteiger partial charge in [0, 0.05) is 55.6 Å². The van der Waals surface area contributed by atoms with E-state index in [-0.39, 0.29) is 11.7 Å². The quantitative estimate of drug-likeness (QED) is 0.419. The summed E-state index contributed by atoms with van der Waals surface area (Å²) in [4.78, 5) is 29.7. The molecule has 0 spiro atoms. The van der Waals surface area contributed by atoms with Crippen LogP contribution in [0.5, 0.6) is 5.75 Å². The largest absolute Gasteiger partial charge is 0.494 e. The third kappa shape index (κ3) is 5.85. The van der Waals surface area contributed by atoms with E-state index >= 15 is 0 Å². The van der Waals surface area contributed by atoms with Crippen LogP contribution in [0.2, 0.25) is 0 Å². The van der Waals surface area contributed by atoms with Crippen molar-refractivity contribution >= 4 is 11.7 Å². The first-order valence-electron chi connectivity index (χ1n) is 12.4. The first-order valence-corrected chi connectivity index (χ1v) is 12.4. The Morgan fingerprint density at radius 1 is 1.00 bits per heavy atom. The van der Waals surface area contributed by atoms with E-state index in [1.165, 1.54) is 31.4 Å². The number of amides is 1. The van der Waals surface area contributed by atoms with Gasteiger partial charge in [0.25, 0.3) is 0 Å². The van der Waals surface area contributed by atoms with Crippen molar-refractivity contribution in [2.75, 3.05) is 39.3 Å². The first kappa shape index (κ1) is 23.6. The van der Waals surface area contributed by atoms with E-state index in [2.05, 4.69) is 29.4 Å². The summed E-state index contributed by atoms with van der Waals surface area (Å²) >= 11 is 0. The SMILES string of the molecule is Cc1cc(C(=O)CN2CCN(C(=O)CCCOc3ccccc3)CC2)c(C)n1C1CCCC1. The number of ketones is 1. The van der Waals surface area contributed by atoms with Crippen molar-refractivity contribution in [3.8, 4) is 5.75 Å². The molecule has 2 aromatic rings. The van der Waals surface area contributed by atoms with Gasteiger partial charge >= 0.3 is 0 Å². The zero-order valence-electron chi connectivity index (χ0n) is 20.1. The van der Waals surface area contributed by atoms with Gasteiger partial charge in [-0.2, -0.15) is 0 Å². The third-order valence-corrected chi connectivity index (χ3v) is 7.11. The molecule has 2 fully saturated rings. The summed E-state index contributed by atoms with van der Waals surface area (Å²) in [6, 6.07) is 12.3. The molecule has 0 bridgehead atoms. The van der Waals surface area contributed by atoms with Crippen LogP contribution in [0.15, 0.2) is 36.4 Å². The lowest BCUT2D eigenvalue weighted by Crippen LogP contribution is -2.49. The number of rotatable bonds is 9. The van der Waals surface area contributed by atoms with Gasteiger partial charge in [-0.25, -0.2) is 0 Å². The number of Topliss-reactive ketones (excluding diaryl/α,β-unsaturated/α-hetero) is 1. The van der Waals surface area contributed by atoms with Crippen molar-refractivity contribution in [1.82, 2.24) is 14.4 Å². The zero-order valence-corrected chi connectivity index (χ0v) is 20.1. The summed E-state index contributed by atoms with van der Waals surface area (Å²) in [6.45, 7) is 8.07. The summed E-state index contributed by atoms with van der Waals surface area (Å²) < 4.78 is 8.07. The van der Waals surface area contributed by atoms with Crippen molar-refractivity contribution in [3.05, 3.63) is 53.3 Å². The van der Waals surface area contributed by atoms with Crippen LogP contribution < -0.4 is 4.74 Å². The summed E-state index contributed by atoms with van der Waals surface area (Å²) in [5.41, 5.74) is 3.20. The molecule has 0 radical (unpaired) electrons. The lowest BCUT2D eigenvalue weighted by molar-refractivity contribution is -0.133. The van der Waals surface area contributed by atoms with Gasteiger partial charge in [-0.05, 0) is 51.3 Å². The van der Waals surface area contributed by atoms with Crippen LogP contribution in [-0.4, -0.2) is 65.4 Å². The smallest absolute Gasteiger partial charge is 0.222 e. The lowest BCUT2D eigenvalue weighted by atomic mass is 10.1. The van der Waals surface area contributed by atoms with E-state index in [4.69, 9.17) is 4.74 Å². The van der Waals surface area contributed by atoms with E-state index in [1.807, 2.05) is 35.2 Å². The standard InChI is InChI=1S/C27H37N3O3/c1-21-19-25(22(2)30(21)23-9-6-7-10-23)26(31)20-28-14-16-29(17-15-28)27(32)13-8-18-33-24-11-4-3-5-12-24/h3-5,11-12,19,23H,6-10,13-18,20H2,1-2H3. The highest BCUT2D eigenvalue weighted by Gasteiger charge is 2.26. The number of aryl methyl sites for hydroxylation is 1. The Bertz CT molecular complexity index is 939. The molecule has 1 aromatic heterocycles. The highest BCUT2D eigenvalue weighted by molar-refractivity contribution is 5.99. The van der Waals surface area contributed by atoms with Crippen molar-refractivity contribution in [1.29, 1.82) is 0 Å². The van der Waals surface area contributed by atoms with Crippen molar-refractivity contribution in [2.24, 2.45) is 0 Å². The predicted octanol–water partition coefficient (Wildman–Crippen LogP) is 4.41. The molecule has 1 aliphatic carbocycles. The number of hydrogen-bond donors (Lipinski definition) is 0. The van der Waals surface area contributed by atoms with Gasteiger partial charge in [-0.15, -0.1) is 0 Å². The molecule has 0 unspecified atom stereocenters. The molecule has 1 aliphatic heterocycles. The Kier molecular flexibility index (Phi) is 7.86.